The number of hydrogen-bond donors (Lipinski definition) is 0. The van der Waals surface area contributed by atoms with Gasteiger partial charge in [-0.2, -0.15) is 0 Å². The highest BCUT2D eigenvalue weighted by Crippen LogP contribution is 2.17. The van der Waals surface area contributed by atoms with Crippen molar-refractivity contribution in [3.05, 3.63) is 16.1 Å². The van der Waals surface area contributed by atoms with Crippen LogP contribution in [0.4, 0.5) is 0 Å². The Balaban J connectivity index is 1.84. The number of aryl methyl sites for hydroxylation is 1. The summed E-state index contributed by atoms with van der Waals surface area (Å²) in [6.07, 6.45) is 2.00. The molecule has 6 heteroatoms. The molecule has 18 heavy (non-hydrogen) atoms. The van der Waals surface area contributed by atoms with Crippen molar-refractivity contribution in [3.8, 4) is 0 Å². The van der Waals surface area contributed by atoms with Gasteiger partial charge in [0.15, 0.2) is 0 Å². The number of nitrogens with zero attached hydrogens (tertiary/aromatic N) is 2. The highest BCUT2D eigenvalue weighted by molar-refractivity contribution is 7.09. The molecule has 2 rings (SSSR count). The van der Waals surface area contributed by atoms with E-state index in [0.717, 1.165) is 30.9 Å². The summed E-state index contributed by atoms with van der Waals surface area (Å²) in [6, 6.07) is 0. The Morgan fingerprint density at radius 2 is 2.33 bits per heavy atom. The predicted molar refractivity (Wildman–Crippen MR) is 72.4 cm³/mol. The van der Waals surface area contributed by atoms with Crippen LogP contribution in [-0.2, 0) is 4.74 Å². The first-order chi connectivity index (χ1) is 8.70. The quantitative estimate of drug-likeness (QED) is 0.799. The van der Waals surface area contributed by atoms with Crippen LogP contribution in [0.2, 0.25) is 0 Å². The second kappa shape index (κ2) is 6.50. The molecule has 0 saturated carbocycles. The van der Waals surface area contributed by atoms with Crippen molar-refractivity contribution < 1.29 is 9.53 Å². The number of hydrogen-bond acceptors (Lipinski definition) is 4. The summed E-state index contributed by atoms with van der Waals surface area (Å²) in [5.74, 6) is 0.562. The van der Waals surface area contributed by atoms with Gasteiger partial charge in [-0.3, -0.25) is 4.79 Å². The van der Waals surface area contributed by atoms with Crippen LogP contribution in [-0.4, -0.2) is 47.5 Å². The molecule has 2 heterocycles. The summed E-state index contributed by atoms with van der Waals surface area (Å²) in [5.41, 5.74) is 0.567. The molecule has 0 bridgehead atoms. The number of halogens is 1. The van der Waals surface area contributed by atoms with Crippen molar-refractivity contribution in [1.29, 1.82) is 0 Å². The number of thiazole rings is 1. The van der Waals surface area contributed by atoms with Gasteiger partial charge in [0.2, 0.25) is 0 Å². The molecule has 0 unspecified atom stereocenters. The lowest BCUT2D eigenvalue weighted by atomic mass is 10.1. The number of carbonyl (C=O) groups is 1. The first-order valence-corrected chi connectivity index (χ1v) is 7.51. The zero-order valence-corrected chi connectivity index (χ0v) is 12.0. The van der Waals surface area contributed by atoms with E-state index in [-0.39, 0.29) is 12.0 Å². The molecule has 0 spiro atoms. The molecule has 0 aliphatic carbocycles. The second-order valence-electron chi connectivity index (χ2n) is 4.30. The number of rotatable bonds is 4. The fraction of sp³-hybridized carbons (Fsp3) is 0.667. The van der Waals surface area contributed by atoms with Crippen LogP contribution in [0, 0.1) is 6.92 Å². The molecule has 1 aromatic heterocycles. The molecule has 0 atom stereocenters. The van der Waals surface area contributed by atoms with E-state index in [1.54, 1.807) is 0 Å². The van der Waals surface area contributed by atoms with Gasteiger partial charge in [-0.05, 0) is 19.8 Å². The molecule has 1 aliphatic rings. The third-order valence-corrected chi connectivity index (χ3v) is 3.93. The van der Waals surface area contributed by atoms with Crippen molar-refractivity contribution in [2.24, 2.45) is 0 Å². The summed E-state index contributed by atoms with van der Waals surface area (Å²) in [4.78, 5) is 18.2. The smallest absolute Gasteiger partial charge is 0.273 e. The Bertz CT molecular complexity index is 403. The van der Waals surface area contributed by atoms with Gasteiger partial charge in [0.1, 0.15) is 5.69 Å². The minimum absolute atomic E-state index is 0.0372. The Hall–Kier alpha value is -0.650. The summed E-state index contributed by atoms with van der Waals surface area (Å²) >= 11 is 7.10. The summed E-state index contributed by atoms with van der Waals surface area (Å²) in [7, 11) is 0. The fourth-order valence-corrected chi connectivity index (χ4v) is 2.74. The monoisotopic (exact) mass is 288 g/mol. The fourth-order valence-electron chi connectivity index (χ4n) is 2.06. The topological polar surface area (TPSA) is 42.4 Å². The van der Waals surface area contributed by atoms with Gasteiger partial charge in [-0.25, -0.2) is 4.98 Å². The maximum absolute atomic E-state index is 12.1. The van der Waals surface area contributed by atoms with E-state index in [1.807, 2.05) is 17.2 Å². The molecular weight excluding hydrogens is 272 g/mol. The van der Waals surface area contributed by atoms with Crippen molar-refractivity contribution >= 4 is 28.8 Å². The number of amides is 1. The average molecular weight is 289 g/mol. The molecule has 100 valence electrons. The third kappa shape index (κ3) is 3.43. The van der Waals surface area contributed by atoms with E-state index in [4.69, 9.17) is 16.3 Å². The average Bonchev–Trinajstić information content (AvgIpc) is 2.83. The van der Waals surface area contributed by atoms with Gasteiger partial charge in [-0.1, -0.05) is 0 Å². The standard InChI is InChI=1S/C12H17ClN2O2S/c1-9-14-11(8-18-9)12(16)15-5-2-10(3-6-15)17-7-4-13/h8,10H,2-7H2,1H3. The van der Waals surface area contributed by atoms with Gasteiger partial charge in [-0.15, -0.1) is 22.9 Å². The highest BCUT2D eigenvalue weighted by Gasteiger charge is 2.25. The molecule has 0 aromatic carbocycles. The van der Waals surface area contributed by atoms with Crippen molar-refractivity contribution in [1.82, 2.24) is 9.88 Å². The number of ether oxygens (including phenoxy) is 1. The van der Waals surface area contributed by atoms with Gasteiger partial charge in [0, 0.05) is 24.3 Å². The number of aromatic nitrogens is 1. The highest BCUT2D eigenvalue weighted by atomic mass is 35.5. The number of piperidine rings is 1. The second-order valence-corrected chi connectivity index (χ2v) is 5.74. The predicted octanol–water partition coefficient (Wildman–Crippen LogP) is 2.31. The normalized spacial score (nSPS) is 17.1. The zero-order chi connectivity index (χ0) is 13.0. The lowest BCUT2D eigenvalue weighted by Gasteiger charge is -2.31. The Kier molecular flexibility index (Phi) is 4.97. The van der Waals surface area contributed by atoms with E-state index in [2.05, 4.69) is 4.98 Å². The number of likely N-dealkylation sites (tertiary alicyclic amines) is 1. The first kappa shape index (κ1) is 13.8. The molecule has 1 aromatic rings. The minimum atomic E-state index is 0.0372. The van der Waals surface area contributed by atoms with Gasteiger partial charge < -0.3 is 9.64 Å². The summed E-state index contributed by atoms with van der Waals surface area (Å²) < 4.78 is 5.59. The summed E-state index contributed by atoms with van der Waals surface area (Å²) in [6.45, 7) is 3.98. The van der Waals surface area contributed by atoms with Crippen LogP contribution in [0.25, 0.3) is 0 Å². The van der Waals surface area contributed by atoms with E-state index in [9.17, 15) is 4.79 Å². The van der Waals surface area contributed by atoms with Crippen LogP contribution in [0.15, 0.2) is 5.38 Å². The van der Waals surface area contributed by atoms with Gasteiger partial charge in [0.25, 0.3) is 5.91 Å². The van der Waals surface area contributed by atoms with Crippen LogP contribution in [0.1, 0.15) is 28.3 Å². The third-order valence-electron chi connectivity index (χ3n) is 3.00. The van der Waals surface area contributed by atoms with Gasteiger partial charge >= 0.3 is 0 Å². The molecule has 0 N–H and O–H groups in total. The van der Waals surface area contributed by atoms with E-state index in [0.29, 0.717) is 18.2 Å². The van der Waals surface area contributed by atoms with Crippen LogP contribution < -0.4 is 0 Å². The molecule has 1 fully saturated rings. The SMILES string of the molecule is Cc1nc(C(=O)N2CCC(OCCCl)CC2)cs1. The van der Waals surface area contributed by atoms with E-state index < -0.39 is 0 Å². The number of carbonyl (C=O) groups excluding carboxylic acids is 1. The van der Waals surface area contributed by atoms with Crippen LogP contribution in [0.3, 0.4) is 0 Å². The molecule has 4 nitrogen and oxygen atoms in total. The molecule has 1 saturated heterocycles. The molecule has 1 amide bonds. The molecular formula is C12H17ClN2O2S. The van der Waals surface area contributed by atoms with Crippen molar-refractivity contribution in [2.45, 2.75) is 25.9 Å². The Morgan fingerprint density at radius 3 is 2.89 bits per heavy atom. The van der Waals surface area contributed by atoms with Gasteiger partial charge in [0.05, 0.1) is 17.7 Å². The van der Waals surface area contributed by atoms with Crippen LogP contribution >= 0.6 is 22.9 Å². The Labute approximate surface area is 116 Å². The molecule has 1 aliphatic heterocycles. The van der Waals surface area contributed by atoms with Crippen molar-refractivity contribution in [3.63, 3.8) is 0 Å². The largest absolute Gasteiger partial charge is 0.377 e. The van der Waals surface area contributed by atoms with Crippen molar-refractivity contribution in [2.75, 3.05) is 25.6 Å². The minimum Gasteiger partial charge on any atom is -0.377 e. The van der Waals surface area contributed by atoms with Crippen LogP contribution in [0.5, 0.6) is 0 Å². The molecule has 0 radical (unpaired) electrons. The lowest BCUT2D eigenvalue weighted by molar-refractivity contribution is 0.0152. The Morgan fingerprint density at radius 1 is 1.61 bits per heavy atom. The number of alkyl halides is 1. The van der Waals surface area contributed by atoms with E-state index >= 15 is 0 Å². The maximum atomic E-state index is 12.1. The van der Waals surface area contributed by atoms with E-state index in [1.165, 1.54) is 11.3 Å². The summed E-state index contributed by atoms with van der Waals surface area (Å²) in [5, 5.41) is 2.76. The zero-order valence-electron chi connectivity index (χ0n) is 10.4. The first-order valence-electron chi connectivity index (χ1n) is 6.09. The lowest BCUT2D eigenvalue weighted by Crippen LogP contribution is -2.41. The maximum Gasteiger partial charge on any atom is 0.273 e.